The number of halogens is 1. The van der Waals surface area contributed by atoms with Crippen molar-refractivity contribution in [3.8, 4) is 11.5 Å². The van der Waals surface area contributed by atoms with Gasteiger partial charge in [-0.3, -0.25) is 4.79 Å². The number of rotatable bonds is 4. The van der Waals surface area contributed by atoms with Crippen LogP contribution in [-0.2, 0) is 4.79 Å². The number of hydrogen-bond acceptors (Lipinski definition) is 5. The minimum Gasteiger partial charge on any atom is -0.486 e. The quantitative estimate of drug-likeness (QED) is 0.621. The lowest BCUT2D eigenvalue weighted by molar-refractivity contribution is -0.129. The summed E-state index contributed by atoms with van der Waals surface area (Å²) < 4.78 is 11.3. The minimum absolute atomic E-state index is 0.0772. The summed E-state index contributed by atoms with van der Waals surface area (Å²) >= 11 is 7.45. The molecule has 150 valence electrons. The molecule has 1 fully saturated rings. The molecule has 1 unspecified atom stereocenters. The number of nitrogens with one attached hydrogen (secondary N) is 1. The SMILES string of the molecule is O=C(CSc1nc2ccc(Cl)cc2[nH]1)N1CCCC1c1ccc2c(c1)OCCO2. The van der Waals surface area contributed by atoms with Gasteiger partial charge >= 0.3 is 0 Å². The Kier molecular flexibility index (Phi) is 5.01. The molecule has 8 heteroatoms. The Morgan fingerprint density at radius 3 is 2.97 bits per heavy atom. The van der Waals surface area contributed by atoms with Crippen molar-refractivity contribution in [3.05, 3.63) is 47.0 Å². The van der Waals surface area contributed by atoms with E-state index in [4.69, 9.17) is 21.1 Å². The van der Waals surface area contributed by atoms with Crippen LogP contribution in [0.5, 0.6) is 11.5 Å². The first-order valence-electron chi connectivity index (χ1n) is 9.64. The number of thioether (sulfide) groups is 1. The molecule has 2 aliphatic heterocycles. The van der Waals surface area contributed by atoms with Crippen LogP contribution < -0.4 is 9.47 Å². The molecule has 5 rings (SSSR count). The lowest BCUT2D eigenvalue weighted by Gasteiger charge is -2.26. The summed E-state index contributed by atoms with van der Waals surface area (Å²) in [7, 11) is 0. The summed E-state index contributed by atoms with van der Waals surface area (Å²) in [6, 6.07) is 11.6. The van der Waals surface area contributed by atoms with Crippen molar-refractivity contribution >= 4 is 40.3 Å². The number of carbonyl (C=O) groups excluding carboxylic acids is 1. The lowest BCUT2D eigenvalue weighted by Crippen LogP contribution is -2.32. The molecule has 0 spiro atoms. The van der Waals surface area contributed by atoms with E-state index in [0.717, 1.165) is 52.6 Å². The van der Waals surface area contributed by atoms with Crippen molar-refractivity contribution in [2.24, 2.45) is 0 Å². The number of ether oxygens (including phenoxy) is 2. The van der Waals surface area contributed by atoms with Crippen LogP contribution in [0.15, 0.2) is 41.6 Å². The maximum Gasteiger partial charge on any atom is 0.233 e. The minimum atomic E-state index is 0.0772. The molecule has 1 N–H and O–H groups in total. The Morgan fingerprint density at radius 1 is 1.21 bits per heavy atom. The highest BCUT2D eigenvalue weighted by Crippen LogP contribution is 2.38. The van der Waals surface area contributed by atoms with Gasteiger partial charge in [0, 0.05) is 11.6 Å². The normalized spacial score (nSPS) is 18.4. The molecule has 2 aliphatic rings. The van der Waals surface area contributed by atoms with E-state index in [1.165, 1.54) is 11.8 Å². The van der Waals surface area contributed by atoms with Crippen LogP contribution in [0.1, 0.15) is 24.4 Å². The third-order valence-electron chi connectivity index (χ3n) is 5.28. The van der Waals surface area contributed by atoms with Gasteiger partial charge in [-0.1, -0.05) is 29.4 Å². The number of aromatic nitrogens is 2. The first kappa shape index (κ1) is 18.6. The summed E-state index contributed by atoms with van der Waals surface area (Å²) in [6.45, 7) is 1.91. The highest BCUT2D eigenvalue weighted by molar-refractivity contribution is 7.99. The molecule has 1 aromatic heterocycles. The van der Waals surface area contributed by atoms with Gasteiger partial charge < -0.3 is 19.4 Å². The molecular weight excluding hydrogens is 410 g/mol. The van der Waals surface area contributed by atoms with Gasteiger partial charge in [0.25, 0.3) is 0 Å². The first-order chi connectivity index (χ1) is 14.2. The summed E-state index contributed by atoms with van der Waals surface area (Å²) in [5.74, 6) is 2.00. The summed E-state index contributed by atoms with van der Waals surface area (Å²) in [5, 5.41) is 1.39. The number of benzene rings is 2. The summed E-state index contributed by atoms with van der Waals surface area (Å²) in [6.07, 6.45) is 1.96. The predicted molar refractivity (Wildman–Crippen MR) is 113 cm³/mol. The van der Waals surface area contributed by atoms with Crippen molar-refractivity contribution in [3.63, 3.8) is 0 Å². The fourth-order valence-corrected chi connectivity index (χ4v) is 4.86. The molecule has 1 saturated heterocycles. The molecule has 0 bridgehead atoms. The second-order valence-corrected chi connectivity index (χ2v) is 8.54. The fraction of sp³-hybridized carbons (Fsp3) is 0.333. The second-order valence-electron chi connectivity index (χ2n) is 7.14. The van der Waals surface area contributed by atoms with Gasteiger partial charge in [0.1, 0.15) is 13.2 Å². The number of H-pyrrole nitrogens is 1. The van der Waals surface area contributed by atoms with Gasteiger partial charge in [0.05, 0.1) is 22.8 Å². The average molecular weight is 430 g/mol. The van der Waals surface area contributed by atoms with Crippen molar-refractivity contribution in [2.45, 2.75) is 24.0 Å². The third kappa shape index (κ3) is 3.76. The van der Waals surface area contributed by atoms with E-state index in [1.54, 1.807) is 0 Å². The van der Waals surface area contributed by atoms with Gasteiger partial charge in [-0.05, 0) is 48.7 Å². The number of fused-ring (bicyclic) bond motifs is 2. The smallest absolute Gasteiger partial charge is 0.233 e. The summed E-state index contributed by atoms with van der Waals surface area (Å²) in [5.41, 5.74) is 2.82. The van der Waals surface area contributed by atoms with Crippen molar-refractivity contribution < 1.29 is 14.3 Å². The van der Waals surface area contributed by atoms with Crippen LogP contribution in [0.3, 0.4) is 0 Å². The van der Waals surface area contributed by atoms with Gasteiger partial charge in [-0.25, -0.2) is 4.98 Å². The monoisotopic (exact) mass is 429 g/mol. The fourth-order valence-electron chi connectivity index (χ4n) is 3.92. The van der Waals surface area contributed by atoms with E-state index in [-0.39, 0.29) is 11.9 Å². The molecule has 1 atom stereocenters. The molecule has 0 aliphatic carbocycles. The summed E-state index contributed by atoms with van der Waals surface area (Å²) in [4.78, 5) is 22.7. The Hall–Kier alpha value is -2.38. The van der Waals surface area contributed by atoms with E-state index in [1.807, 2.05) is 41.3 Å². The van der Waals surface area contributed by atoms with E-state index < -0.39 is 0 Å². The number of amides is 1. The van der Waals surface area contributed by atoms with Crippen LogP contribution in [-0.4, -0.2) is 46.3 Å². The first-order valence-corrected chi connectivity index (χ1v) is 11.0. The standard InChI is InChI=1S/C21H20ClN3O3S/c22-14-4-5-15-16(11-14)24-21(23-15)29-12-20(26)25-7-1-2-17(25)13-3-6-18-19(10-13)28-9-8-27-18/h3-6,10-11,17H,1-2,7-9,12H2,(H,23,24). The van der Waals surface area contributed by atoms with Gasteiger partial charge in [-0.15, -0.1) is 0 Å². The molecule has 1 amide bonds. The van der Waals surface area contributed by atoms with Gasteiger partial charge in [0.15, 0.2) is 16.7 Å². The maximum atomic E-state index is 12.9. The van der Waals surface area contributed by atoms with Crippen LogP contribution in [0.4, 0.5) is 0 Å². The highest BCUT2D eigenvalue weighted by atomic mass is 35.5. The Morgan fingerprint density at radius 2 is 2.07 bits per heavy atom. The van der Waals surface area contributed by atoms with Gasteiger partial charge in [0.2, 0.25) is 5.91 Å². The maximum absolute atomic E-state index is 12.9. The average Bonchev–Trinajstić information content (AvgIpc) is 3.38. The molecule has 3 heterocycles. The molecule has 3 aromatic rings. The van der Waals surface area contributed by atoms with Crippen LogP contribution in [0.2, 0.25) is 5.02 Å². The van der Waals surface area contributed by atoms with E-state index in [0.29, 0.717) is 24.0 Å². The van der Waals surface area contributed by atoms with Crippen molar-refractivity contribution in [1.29, 1.82) is 0 Å². The zero-order chi connectivity index (χ0) is 19.8. The number of aromatic amines is 1. The van der Waals surface area contributed by atoms with Crippen molar-refractivity contribution in [1.82, 2.24) is 14.9 Å². The van der Waals surface area contributed by atoms with Gasteiger partial charge in [-0.2, -0.15) is 0 Å². The topological polar surface area (TPSA) is 67.5 Å². The second kappa shape index (κ2) is 7.80. The Balaban J connectivity index is 1.28. The van der Waals surface area contributed by atoms with Crippen LogP contribution in [0, 0.1) is 0 Å². The molecule has 29 heavy (non-hydrogen) atoms. The Bertz CT molecular complexity index is 1070. The zero-order valence-electron chi connectivity index (χ0n) is 15.7. The number of hydrogen-bond donors (Lipinski definition) is 1. The van der Waals surface area contributed by atoms with E-state index in [2.05, 4.69) is 9.97 Å². The molecular formula is C21H20ClN3O3S. The van der Waals surface area contributed by atoms with Crippen LogP contribution >= 0.6 is 23.4 Å². The molecule has 2 aromatic carbocycles. The third-order valence-corrected chi connectivity index (χ3v) is 6.37. The van der Waals surface area contributed by atoms with E-state index >= 15 is 0 Å². The zero-order valence-corrected chi connectivity index (χ0v) is 17.3. The lowest BCUT2D eigenvalue weighted by atomic mass is 10.0. The largest absolute Gasteiger partial charge is 0.486 e. The molecule has 0 radical (unpaired) electrons. The number of nitrogens with zero attached hydrogens (tertiary/aromatic N) is 2. The molecule has 6 nitrogen and oxygen atoms in total. The number of likely N-dealkylation sites (tertiary alicyclic amines) is 1. The number of carbonyl (C=O) groups is 1. The Labute approximate surface area is 177 Å². The molecule has 0 saturated carbocycles. The highest BCUT2D eigenvalue weighted by Gasteiger charge is 2.31. The van der Waals surface area contributed by atoms with E-state index in [9.17, 15) is 4.79 Å². The number of imidazole rings is 1. The van der Waals surface area contributed by atoms with Crippen molar-refractivity contribution in [2.75, 3.05) is 25.5 Å². The van der Waals surface area contributed by atoms with Crippen LogP contribution in [0.25, 0.3) is 11.0 Å². The predicted octanol–water partition coefficient (Wildman–Crippen LogP) is 4.44.